The molecule has 0 atom stereocenters. The quantitative estimate of drug-likeness (QED) is 0.874. The summed E-state index contributed by atoms with van der Waals surface area (Å²) < 4.78 is 0. The number of aryl methyl sites for hydroxylation is 1. The van der Waals surface area contributed by atoms with Crippen molar-refractivity contribution >= 4 is 23.0 Å². The van der Waals surface area contributed by atoms with Gasteiger partial charge in [-0.3, -0.25) is 9.98 Å². The Balaban J connectivity index is 2.20. The topological polar surface area (TPSA) is 51.3 Å². The third-order valence-corrected chi connectivity index (χ3v) is 3.63. The molecule has 4 heteroatoms. The molecule has 0 saturated carbocycles. The van der Waals surface area contributed by atoms with Crippen molar-refractivity contribution in [3.63, 3.8) is 0 Å². The average Bonchev–Trinajstić information content (AvgIpc) is 2.60. The molecule has 3 nitrogen and oxygen atoms in total. The zero-order chi connectivity index (χ0) is 14.1. The molecule has 0 bridgehead atoms. The number of hydrogen-bond acceptors (Lipinski definition) is 3. The second-order valence-electron chi connectivity index (χ2n) is 4.73. The fourth-order valence-electron chi connectivity index (χ4n) is 2.38. The number of halogens is 1. The lowest BCUT2D eigenvalue weighted by molar-refractivity contribution is 1.24. The number of nitrogens with two attached hydrogens (primary N) is 1. The molecule has 1 aromatic heterocycles. The third-order valence-electron chi connectivity index (χ3n) is 3.39. The molecule has 1 aromatic carbocycles. The van der Waals surface area contributed by atoms with Gasteiger partial charge in [-0.05, 0) is 36.8 Å². The second-order valence-corrected chi connectivity index (χ2v) is 5.17. The van der Waals surface area contributed by atoms with Crippen LogP contribution in [0, 0.1) is 6.92 Å². The Morgan fingerprint density at radius 1 is 1.15 bits per heavy atom. The molecule has 0 fully saturated rings. The number of aromatic nitrogens is 1. The van der Waals surface area contributed by atoms with E-state index in [1.54, 1.807) is 12.4 Å². The highest BCUT2D eigenvalue weighted by Crippen LogP contribution is 2.24. The normalized spacial score (nSPS) is 14.1. The van der Waals surface area contributed by atoms with Crippen LogP contribution >= 0.6 is 11.6 Å². The van der Waals surface area contributed by atoms with Crippen molar-refractivity contribution in [1.29, 1.82) is 0 Å². The monoisotopic (exact) mass is 283 g/mol. The highest BCUT2D eigenvalue weighted by Gasteiger charge is 2.17. The van der Waals surface area contributed by atoms with Gasteiger partial charge in [-0.25, -0.2) is 0 Å². The molecule has 0 saturated heterocycles. The van der Waals surface area contributed by atoms with Gasteiger partial charge in [-0.1, -0.05) is 17.7 Å². The Morgan fingerprint density at radius 2 is 2.00 bits per heavy atom. The van der Waals surface area contributed by atoms with Gasteiger partial charge < -0.3 is 5.73 Å². The molecule has 2 N–H and O–H groups in total. The maximum absolute atomic E-state index is 6.08. The number of pyridine rings is 1. The van der Waals surface area contributed by atoms with Gasteiger partial charge in [0.15, 0.2) is 0 Å². The SMILES string of the molecule is Cc1cc(Cl)ccc1C1=NCC=C(N)c2cnccc21. The van der Waals surface area contributed by atoms with Crippen LogP contribution in [0.25, 0.3) is 5.70 Å². The van der Waals surface area contributed by atoms with Gasteiger partial charge in [-0.2, -0.15) is 0 Å². The molecule has 3 rings (SSSR count). The van der Waals surface area contributed by atoms with Crippen molar-refractivity contribution in [3.8, 4) is 0 Å². The van der Waals surface area contributed by atoms with Gasteiger partial charge in [0.1, 0.15) is 0 Å². The van der Waals surface area contributed by atoms with Crippen LogP contribution in [0.3, 0.4) is 0 Å². The van der Waals surface area contributed by atoms with E-state index in [2.05, 4.69) is 9.98 Å². The molecule has 0 aliphatic carbocycles. The van der Waals surface area contributed by atoms with E-state index >= 15 is 0 Å². The van der Waals surface area contributed by atoms with E-state index in [0.29, 0.717) is 6.54 Å². The van der Waals surface area contributed by atoms with E-state index in [1.165, 1.54) is 0 Å². The van der Waals surface area contributed by atoms with Gasteiger partial charge in [-0.15, -0.1) is 0 Å². The molecule has 0 radical (unpaired) electrons. The maximum Gasteiger partial charge on any atom is 0.0733 e. The Labute approximate surface area is 122 Å². The predicted octanol–water partition coefficient (Wildman–Crippen LogP) is 3.19. The van der Waals surface area contributed by atoms with E-state index in [-0.39, 0.29) is 0 Å². The van der Waals surface area contributed by atoms with Crippen LogP contribution in [0.15, 0.2) is 47.7 Å². The number of rotatable bonds is 1. The maximum atomic E-state index is 6.08. The molecule has 0 unspecified atom stereocenters. The zero-order valence-corrected chi connectivity index (χ0v) is 11.9. The Morgan fingerprint density at radius 3 is 2.80 bits per heavy atom. The molecular formula is C16H14ClN3. The Hall–Kier alpha value is -2.13. The van der Waals surface area contributed by atoms with Crippen molar-refractivity contribution in [2.75, 3.05) is 6.54 Å². The van der Waals surface area contributed by atoms with Crippen LogP contribution in [0.1, 0.15) is 22.3 Å². The van der Waals surface area contributed by atoms with E-state index in [0.717, 1.165) is 38.7 Å². The van der Waals surface area contributed by atoms with Crippen molar-refractivity contribution in [2.24, 2.45) is 10.7 Å². The first-order chi connectivity index (χ1) is 9.66. The summed E-state index contributed by atoms with van der Waals surface area (Å²) in [6, 6.07) is 7.79. The van der Waals surface area contributed by atoms with Gasteiger partial charge in [0.2, 0.25) is 0 Å². The lowest BCUT2D eigenvalue weighted by Gasteiger charge is -2.12. The number of fused-ring (bicyclic) bond motifs is 1. The standard InChI is InChI=1S/C16H14ClN3/c1-10-8-11(17)2-3-12(10)16-13-4-6-19-9-14(13)15(18)5-7-20-16/h2-6,8-9H,7,18H2,1H3. The number of benzene rings is 1. The van der Waals surface area contributed by atoms with Crippen LogP contribution < -0.4 is 5.73 Å². The molecule has 1 aliphatic heterocycles. The smallest absolute Gasteiger partial charge is 0.0733 e. The van der Waals surface area contributed by atoms with Gasteiger partial charge >= 0.3 is 0 Å². The highest BCUT2D eigenvalue weighted by atomic mass is 35.5. The first kappa shape index (κ1) is 12.9. The summed E-state index contributed by atoms with van der Waals surface area (Å²) in [7, 11) is 0. The number of hydrogen-bond donors (Lipinski definition) is 1. The largest absolute Gasteiger partial charge is 0.398 e. The van der Waals surface area contributed by atoms with E-state index in [9.17, 15) is 0 Å². The molecule has 0 amide bonds. The molecular weight excluding hydrogens is 270 g/mol. The first-order valence-electron chi connectivity index (χ1n) is 6.38. The van der Waals surface area contributed by atoms with Crippen molar-refractivity contribution < 1.29 is 0 Å². The van der Waals surface area contributed by atoms with E-state index in [4.69, 9.17) is 17.3 Å². The van der Waals surface area contributed by atoms with E-state index in [1.807, 2.05) is 37.3 Å². The average molecular weight is 284 g/mol. The minimum absolute atomic E-state index is 0.567. The summed E-state index contributed by atoms with van der Waals surface area (Å²) in [6.07, 6.45) is 5.46. The third kappa shape index (κ3) is 2.21. The Kier molecular flexibility index (Phi) is 3.28. The van der Waals surface area contributed by atoms with Crippen LogP contribution in [-0.2, 0) is 0 Å². The van der Waals surface area contributed by atoms with Crippen molar-refractivity contribution in [1.82, 2.24) is 4.98 Å². The Bertz CT molecular complexity index is 732. The molecule has 20 heavy (non-hydrogen) atoms. The van der Waals surface area contributed by atoms with Crippen LogP contribution in [0.5, 0.6) is 0 Å². The minimum Gasteiger partial charge on any atom is -0.398 e. The second kappa shape index (κ2) is 5.10. The van der Waals surface area contributed by atoms with Crippen LogP contribution in [-0.4, -0.2) is 17.2 Å². The molecule has 2 aromatic rings. The van der Waals surface area contributed by atoms with Crippen LogP contribution in [0.2, 0.25) is 5.02 Å². The number of aliphatic imine (C=N–C) groups is 1. The fraction of sp³-hybridized carbons (Fsp3) is 0.125. The van der Waals surface area contributed by atoms with Crippen molar-refractivity contribution in [3.05, 3.63) is 70.0 Å². The lowest BCUT2D eigenvalue weighted by Crippen LogP contribution is -2.09. The molecule has 100 valence electrons. The van der Waals surface area contributed by atoms with Gasteiger partial charge in [0.05, 0.1) is 12.3 Å². The molecule has 2 heterocycles. The number of nitrogens with zero attached hydrogens (tertiary/aromatic N) is 2. The summed E-state index contributed by atoms with van der Waals surface area (Å²) in [5.74, 6) is 0. The van der Waals surface area contributed by atoms with Gasteiger partial charge in [0, 0.05) is 39.8 Å². The van der Waals surface area contributed by atoms with Gasteiger partial charge in [0.25, 0.3) is 0 Å². The van der Waals surface area contributed by atoms with Crippen molar-refractivity contribution in [2.45, 2.75) is 6.92 Å². The lowest BCUT2D eigenvalue weighted by atomic mass is 9.95. The zero-order valence-electron chi connectivity index (χ0n) is 11.1. The summed E-state index contributed by atoms with van der Waals surface area (Å²) in [5, 5.41) is 0.730. The van der Waals surface area contributed by atoms with E-state index < -0.39 is 0 Å². The summed E-state index contributed by atoms with van der Waals surface area (Å²) in [5.41, 5.74) is 11.8. The fourth-order valence-corrected chi connectivity index (χ4v) is 2.61. The highest BCUT2D eigenvalue weighted by molar-refractivity contribution is 6.31. The first-order valence-corrected chi connectivity index (χ1v) is 6.76. The molecule has 1 aliphatic rings. The minimum atomic E-state index is 0.567. The molecule has 0 spiro atoms. The summed E-state index contributed by atoms with van der Waals surface area (Å²) >= 11 is 6.03. The summed E-state index contributed by atoms with van der Waals surface area (Å²) in [4.78, 5) is 8.82. The summed E-state index contributed by atoms with van der Waals surface area (Å²) in [6.45, 7) is 2.60. The van der Waals surface area contributed by atoms with Crippen LogP contribution in [0.4, 0.5) is 0 Å². The predicted molar refractivity (Wildman–Crippen MR) is 83.1 cm³/mol.